The van der Waals surface area contributed by atoms with E-state index in [0.717, 1.165) is 11.3 Å². The predicted octanol–water partition coefficient (Wildman–Crippen LogP) is 5.14. The Morgan fingerprint density at radius 2 is 1.75 bits per heavy atom. The lowest BCUT2D eigenvalue weighted by atomic mass is 10.1. The van der Waals surface area contributed by atoms with Crippen LogP contribution in [0.15, 0.2) is 36.4 Å². The number of benzene rings is 2. The SMILES string of the molecule is Cc1cc(Cl)ccc1NC(=O)Cc1c(Cl)cccc1Cl. The largest absolute Gasteiger partial charge is 0.326 e. The summed E-state index contributed by atoms with van der Waals surface area (Å²) in [6.07, 6.45) is 0.126. The number of halogens is 3. The summed E-state index contributed by atoms with van der Waals surface area (Å²) in [5.74, 6) is -0.176. The van der Waals surface area contributed by atoms with Gasteiger partial charge >= 0.3 is 0 Å². The Kier molecular flexibility index (Phi) is 4.92. The molecule has 1 amide bonds. The van der Waals surface area contributed by atoms with E-state index in [-0.39, 0.29) is 12.3 Å². The molecule has 0 heterocycles. The van der Waals surface area contributed by atoms with Gasteiger partial charge in [-0.25, -0.2) is 0 Å². The quantitative estimate of drug-likeness (QED) is 0.830. The number of hydrogen-bond donors (Lipinski definition) is 1. The maximum atomic E-state index is 12.1. The van der Waals surface area contributed by atoms with Crippen LogP contribution in [0, 0.1) is 6.92 Å². The van der Waals surface area contributed by atoms with Gasteiger partial charge in [0.25, 0.3) is 0 Å². The average Bonchev–Trinajstić information content (AvgIpc) is 2.37. The van der Waals surface area contributed by atoms with Crippen LogP contribution in [0.25, 0.3) is 0 Å². The number of nitrogens with one attached hydrogen (secondary N) is 1. The van der Waals surface area contributed by atoms with Crippen LogP contribution >= 0.6 is 34.8 Å². The molecule has 2 nitrogen and oxygen atoms in total. The van der Waals surface area contributed by atoms with E-state index in [9.17, 15) is 4.79 Å². The van der Waals surface area contributed by atoms with Crippen molar-refractivity contribution < 1.29 is 4.79 Å². The minimum atomic E-state index is -0.176. The van der Waals surface area contributed by atoms with E-state index < -0.39 is 0 Å². The van der Waals surface area contributed by atoms with Crippen molar-refractivity contribution in [3.63, 3.8) is 0 Å². The number of rotatable bonds is 3. The molecule has 0 fully saturated rings. The second-order valence-corrected chi connectivity index (χ2v) is 5.64. The average molecular weight is 329 g/mol. The fourth-order valence-corrected chi connectivity index (χ4v) is 2.58. The third-order valence-corrected chi connectivity index (χ3v) is 3.80. The molecule has 104 valence electrons. The highest BCUT2D eigenvalue weighted by Gasteiger charge is 2.11. The Hall–Kier alpha value is -1.22. The van der Waals surface area contributed by atoms with Crippen molar-refractivity contribution in [1.29, 1.82) is 0 Å². The maximum absolute atomic E-state index is 12.1. The molecule has 0 radical (unpaired) electrons. The van der Waals surface area contributed by atoms with Crippen molar-refractivity contribution in [3.8, 4) is 0 Å². The van der Waals surface area contributed by atoms with Gasteiger partial charge in [-0.15, -0.1) is 0 Å². The molecule has 0 aliphatic rings. The summed E-state index contributed by atoms with van der Waals surface area (Å²) >= 11 is 18.0. The first-order valence-electron chi connectivity index (χ1n) is 5.96. The highest BCUT2D eigenvalue weighted by Crippen LogP contribution is 2.25. The van der Waals surface area contributed by atoms with Crippen LogP contribution in [0.4, 0.5) is 5.69 Å². The maximum Gasteiger partial charge on any atom is 0.228 e. The van der Waals surface area contributed by atoms with Crippen molar-refractivity contribution in [2.45, 2.75) is 13.3 Å². The van der Waals surface area contributed by atoms with Crippen molar-refractivity contribution in [1.82, 2.24) is 0 Å². The molecule has 0 atom stereocenters. The minimum Gasteiger partial charge on any atom is -0.326 e. The summed E-state index contributed by atoms with van der Waals surface area (Å²) in [4.78, 5) is 12.1. The van der Waals surface area contributed by atoms with E-state index in [0.29, 0.717) is 20.6 Å². The minimum absolute atomic E-state index is 0.126. The van der Waals surface area contributed by atoms with Gasteiger partial charge in [-0.1, -0.05) is 40.9 Å². The van der Waals surface area contributed by atoms with E-state index >= 15 is 0 Å². The van der Waals surface area contributed by atoms with Crippen molar-refractivity contribution in [2.75, 3.05) is 5.32 Å². The molecule has 0 unspecified atom stereocenters. The molecule has 0 aliphatic heterocycles. The van der Waals surface area contributed by atoms with Gasteiger partial charge in [0.1, 0.15) is 0 Å². The Morgan fingerprint density at radius 3 is 2.35 bits per heavy atom. The lowest BCUT2D eigenvalue weighted by molar-refractivity contribution is -0.115. The molecule has 2 aromatic carbocycles. The van der Waals surface area contributed by atoms with Gasteiger partial charge in [-0.05, 0) is 48.4 Å². The first kappa shape index (κ1) is 15.2. The number of aryl methyl sites for hydroxylation is 1. The van der Waals surface area contributed by atoms with Crippen LogP contribution in [0.3, 0.4) is 0 Å². The van der Waals surface area contributed by atoms with Gasteiger partial charge in [0.15, 0.2) is 0 Å². The normalized spacial score (nSPS) is 10.4. The highest BCUT2D eigenvalue weighted by molar-refractivity contribution is 6.36. The van der Waals surface area contributed by atoms with Crippen molar-refractivity contribution >= 4 is 46.4 Å². The predicted molar refractivity (Wildman–Crippen MR) is 85.0 cm³/mol. The first-order valence-corrected chi connectivity index (χ1v) is 7.09. The molecular formula is C15H12Cl3NO. The summed E-state index contributed by atoms with van der Waals surface area (Å²) < 4.78 is 0. The van der Waals surface area contributed by atoms with E-state index in [1.807, 2.05) is 6.92 Å². The van der Waals surface area contributed by atoms with Gasteiger partial charge in [-0.3, -0.25) is 4.79 Å². The van der Waals surface area contributed by atoms with Crippen molar-refractivity contribution in [3.05, 3.63) is 62.6 Å². The Morgan fingerprint density at radius 1 is 1.10 bits per heavy atom. The molecule has 0 bridgehead atoms. The van der Waals surface area contributed by atoms with Crippen LogP contribution in [0.2, 0.25) is 15.1 Å². The monoisotopic (exact) mass is 327 g/mol. The van der Waals surface area contributed by atoms with Crippen LogP contribution in [0.5, 0.6) is 0 Å². The lowest BCUT2D eigenvalue weighted by Gasteiger charge is -2.10. The standard InChI is InChI=1S/C15H12Cl3NO/c1-9-7-10(16)5-6-14(9)19-15(20)8-11-12(17)3-2-4-13(11)18/h2-7H,8H2,1H3,(H,19,20). The van der Waals surface area contributed by atoms with E-state index in [2.05, 4.69) is 5.32 Å². The molecular weight excluding hydrogens is 317 g/mol. The number of carbonyl (C=O) groups is 1. The van der Waals surface area contributed by atoms with E-state index in [1.54, 1.807) is 36.4 Å². The van der Waals surface area contributed by atoms with Gasteiger partial charge in [-0.2, -0.15) is 0 Å². The van der Waals surface area contributed by atoms with Crippen molar-refractivity contribution in [2.24, 2.45) is 0 Å². The van der Waals surface area contributed by atoms with Gasteiger partial charge in [0.05, 0.1) is 6.42 Å². The summed E-state index contributed by atoms with van der Waals surface area (Å²) in [5.41, 5.74) is 2.25. The Balaban J connectivity index is 2.13. The molecule has 1 N–H and O–H groups in total. The molecule has 20 heavy (non-hydrogen) atoms. The zero-order valence-corrected chi connectivity index (χ0v) is 13.0. The zero-order chi connectivity index (χ0) is 14.7. The lowest BCUT2D eigenvalue weighted by Crippen LogP contribution is -2.15. The molecule has 0 saturated heterocycles. The molecule has 0 aromatic heterocycles. The summed E-state index contributed by atoms with van der Waals surface area (Å²) in [5, 5.41) is 4.43. The second-order valence-electron chi connectivity index (χ2n) is 4.38. The molecule has 0 saturated carbocycles. The van der Waals surface area contributed by atoms with Gasteiger partial charge in [0.2, 0.25) is 5.91 Å². The van der Waals surface area contributed by atoms with Crippen LogP contribution in [-0.2, 0) is 11.2 Å². The van der Waals surface area contributed by atoms with Crippen LogP contribution in [0.1, 0.15) is 11.1 Å². The second kappa shape index (κ2) is 6.49. The van der Waals surface area contributed by atoms with Gasteiger partial charge < -0.3 is 5.32 Å². The number of anilines is 1. The number of amides is 1. The topological polar surface area (TPSA) is 29.1 Å². The fraction of sp³-hybridized carbons (Fsp3) is 0.133. The van der Waals surface area contributed by atoms with E-state index in [1.165, 1.54) is 0 Å². The Labute approximate surface area is 132 Å². The number of carbonyl (C=O) groups excluding carboxylic acids is 1. The Bertz CT molecular complexity index is 635. The molecule has 2 aromatic rings. The van der Waals surface area contributed by atoms with Gasteiger partial charge in [0, 0.05) is 20.8 Å². The van der Waals surface area contributed by atoms with Crippen LogP contribution in [-0.4, -0.2) is 5.91 Å². The molecule has 2 rings (SSSR count). The summed E-state index contributed by atoms with van der Waals surface area (Å²) in [7, 11) is 0. The third kappa shape index (κ3) is 3.66. The smallest absolute Gasteiger partial charge is 0.228 e. The highest BCUT2D eigenvalue weighted by atomic mass is 35.5. The van der Waals surface area contributed by atoms with Crippen LogP contribution < -0.4 is 5.32 Å². The van der Waals surface area contributed by atoms with E-state index in [4.69, 9.17) is 34.8 Å². The first-order chi connectivity index (χ1) is 9.47. The molecule has 0 spiro atoms. The third-order valence-electron chi connectivity index (χ3n) is 2.86. The summed E-state index contributed by atoms with van der Waals surface area (Å²) in [6, 6.07) is 10.5. The number of hydrogen-bond acceptors (Lipinski definition) is 1. The molecule has 5 heteroatoms. The molecule has 0 aliphatic carbocycles. The fourth-order valence-electron chi connectivity index (χ4n) is 1.82. The zero-order valence-electron chi connectivity index (χ0n) is 10.7. The summed E-state index contributed by atoms with van der Waals surface area (Å²) in [6.45, 7) is 1.88.